The predicted molar refractivity (Wildman–Crippen MR) is 58.3 cm³/mol. The average molecular weight is 196 g/mol. The van der Waals surface area contributed by atoms with Gasteiger partial charge in [0, 0.05) is 6.54 Å². The van der Waals surface area contributed by atoms with Gasteiger partial charge in [-0.1, -0.05) is 32.9 Å². The summed E-state index contributed by atoms with van der Waals surface area (Å²) < 4.78 is 4.97. The number of nitrogens with one attached hydrogen (secondary N) is 1. The Hall–Kier alpha value is -0.990. The molecule has 1 atom stereocenters. The van der Waals surface area contributed by atoms with Crippen LogP contribution in [-0.2, 0) is 0 Å². The fourth-order valence-corrected chi connectivity index (χ4v) is 1.04. The van der Waals surface area contributed by atoms with E-state index in [1.54, 1.807) is 6.20 Å². The highest BCUT2D eigenvalue weighted by Gasteiger charge is 2.19. The third-order valence-corrected chi connectivity index (χ3v) is 2.83. The van der Waals surface area contributed by atoms with E-state index >= 15 is 0 Å². The summed E-state index contributed by atoms with van der Waals surface area (Å²) >= 11 is 0. The van der Waals surface area contributed by atoms with Crippen LogP contribution in [0.5, 0.6) is 0 Å². The zero-order chi connectivity index (χ0) is 10.8. The molecule has 0 bridgehead atoms. The van der Waals surface area contributed by atoms with E-state index in [0.29, 0.717) is 11.3 Å². The highest BCUT2D eigenvalue weighted by Crippen LogP contribution is 2.25. The van der Waals surface area contributed by atoms with E-state index in [9.17, 15) is 0 Å². The molecule has 0 spiro atoms. The smallest absolute Gasteiger partial charge is 0.156 e. The molecule has 0 fully saturated rings. The van der Waals surface area contributed by atoms with Crippen molar-refractivity contribution in [1.29, 1.82) is 0 Å². The standard InChI is InChI=1S/C11H20N2O/c1-8(11(3,4)5)6-12-10-7-13-14-9(10)2/h7-8,12H,6H2,1-5H3. The molecule has 0 saturated heterocycles. The summed E-state index contributed by atoms with van der Waals surface area (Å²) in [7, 11) is 0. The molecule has 3 nitrogen and oxygen atoms in total. The van der Waals surface area contributed by atoms with Crippen LogP contribution in [0.2, 0.25) is 0 Å². The minimum absolute atomic E-state index is 0.331. The maximum Gasteiger partial charge on any atom is 0.156 e. The van der Waals surface area contributed by atoms with Gasteiger partial charge in [0.2, 0.25) is 0 Å². The highest BCUT2D eigenvalue weighted by molar-refractivity contribution is 5.43. The molecular formula is C11H20N2O. The van der Waals surface area contributed by atoms with E-state index in [4.69, 9.17) is 4.52 Å². The summed E-state index contributed by atoms with van der Waals surface area (Å²) in [6.45, 7) is 11.9. The third-order valence-electron chi connectivity index (χ3n) is 2.83. The van der Waals surface area contributed by atoms with Crippen molar-refractivity contribution >= 4 is 5.69 Å². The molecule has 1 heterocycles. The van der Waals surface area contributed by atoms with E-state index < -0.39 is 0 Å². The van der Waals surface area contributed by atoms with Gasteiger partial charge in [-0.05, 0) is 18.3 Å². The summed E-state index contributed by atoms with van der Waals surface area (Å²) in [6, 6.07) is 0. The number of nitrogens with zero attached hydrogens (tertiary/aromatic N) is 1. The van der Waals surface area contributed by atoms with Crippen molar-refractivity contribution in [2.45, 2.75) is 34.6 Å². The second-order valence-corrected chi connectivity index (χ2v) is 4.94. The molecule has 1 unspecified atom stereocenters. The van der Waals surface area contributed by atoms with Gasteiger partial charge in [-0.25, -0.2) is 0 Å². The topological polar surface area (TPSA) is 38.1 Å². The SMILES string of the molecule is Cc1oncc1NCC(C)C(C)(C)C. The molecule has 1 aromatic rings. The normalized spacial score (nSPS) is 14.1. The largest absolute Gasteiger partial charge is 0.381 e. The van der Waals surface area contributed by atoms with E-state index in [2.05, 4.69) is 38.2 Å². The van der Waals surface area contributed by atoms with Gasteiger partial charge in [-0.2, -0.15) is 0 Å². The maximum atomic E-state index is 4.97. The van der Waals surface area contributed by atoms with Crippen molar-refractivity contribution in [2.24, 2.45) is 11.3 Å². The Balaban J connectivity index is 2.46. The molecular weight excluding hydrogens is 176 g/mol. The molecule has 0 radical (unpaired) electrons. The fourth-order valence-electron chi connectivity index (χ4n) is 1.04. The van der Waals surface area contributed by atoms with Crippen LogP contribution in [0.4, 0.5) is 5.69 Å². The van der Waals surface area contributed by atoms with Gasteiger partial charge >= 0.3 is 0 Å². The lowest BCUT2D eigenvalue weighted by Gasteiger charge is -2.27. The molecule has 1 rings (SSSR count). The second kappa shape index (κ2) is 4.03. The fraction of sp³-hybridized carbons (Fsp3) is 0.727. The first-order valence-electron chi connectivity index (χ1n) is 5.06. The zero-order valence-corrected chi connectivity index (χ0v) is 9.72. The molecule has 0 aromatic carbocycles. The molecule has 0 saturated carbocycles. The Bertz CT molecular complexity index is 286. The average Bonchev–Trinajstić information content (AvgIpc) is 2.45. The number of hydrogen-bond donors (Lipinski definition) is 1. The molecule has 0 aliphatic heterocycles. The van der Waals surface area contributed by atoms with Crippen molar-refractivity contribution in [3.63, 3.8) is 0 Å². The Morgan fingerprint density at radius 3 is 2.57 bits per heavy atom. The van der Waals surface area contributed by atoms with Gasteiger partial charge in [0.05, 0.1) is 11.9 Å². The summed E-state index contributed by atoms with van der Waals surface area (Å²) in [5.41, 5.74) is 1.33. The first-order valence-corrected chi connectivity index (χ1v) is 5.06. The lowest BCUT2D eigenvalue weighted by Crippen LogP contribution is -2.24. The number of anilines is 1. The monoisotopic (exact) mass is 196 g/mol. The molecule has 0 aliphatic rings. The minimum atomic E-state index is 0.331. The summed E-state index contributed by atoms with van der Waals surface area (Å²) in [6.07, 6.45) is 1.73. The van der Waals surface area contributed by atoms with Crippen LogP contribution in [0.1, 0.15) is 33.5 Å². The molecule has 1 aromatic heterocycles. The lowest BCUT2D eigenvalue weighted by atomic mass is 9.82. The predicted octanol–water partition coefficient (Wildman–Crippen LogP) is 3.08. The summed E-state index contributed by atoms with van der Waals surface area (Å²) in [5.74, 6) is 1.46. The van der Waals surface area contributed by atoms with Crippen LogP contribution < -0.4 is 5.32 Å². The van der Waals surface area contributed by atoms with Crippen LogP contribution in [0.3, 0.4) is 0 Å². The van der Waals surface area contributed by atoms with Gasteiger partial charge in [0.1, 0.15) is 0 Å². The van der Waals surface area contributed by atoms with Crippen molar-refractivity contribution in [2.75, 3.05) is 11.9 Å². The molecule has 0 amide bonds. The summed E-state index contributed by atoms with van der Waals surface area (Å²) in [5, 5.41) is 7.07. The molecule has 14 heavy (non-hydrogen) atoms. The third kappa shape index (κ3) is 2.76. The maximum absolute atomic E-state index is 4.97. The van der Waals surface area contributed by atoms with E-state index in [1.165, 1.54) is 0 Å². The number of rotatable bonds is 3. The summed E-state index contributed by atoms with van der Waals surface area (Å²) in [4.78, 5) is 0. The van der Waals surface area contributed by atoms with Crippen molar-refractivity contribution in [1.82, 2.24) is 5.16 Å². The van der Waals surface area contributed by atoms with E-state index in [1.807, 2.05) is 6.92 Å². The Kier molecular flexibility index (Phi) is 3.19. The molecule has 0 aliphatic carbocycles. The van der Waals surface area contributed by atoms with E-state index in [0.717, 1.165) is 18.0 Å². The van der Waals surface area contributed by atoms with Crippen LogP contribution in [0.25, 0.3) is 0 Å². The van der Waals surface area contributed by atoms with E-state index in [-0.39, 0.29) is 0 Å². The molecule has 1 N–H and O–H groups in total. The van der Waals surface area contributed by atoms with Gasteiger partial charge in [0.25, 0.3) is 0 Å². The quantitative estimate of drug-likeness (QED) is 0.807. The van der Waals surface area contributed by atoms with Gasteiger partial charge in [0.15, 0.2) is 5.76 Å². The van der Waals surface area contributed by atoms with Crippen LogP contribution in [0.15, 0.2) is 10.7 Å². The first-order chi connectivity index (χ1) is 6.41. The minimum Gasteiger partial charge on any atom is -0.381 e. The van der Waals surface area contributed by atoms with Crippen LogP contribution >= 0.6 is 0 Å². The Morgan fingerprint density at radius 2 is 2.14 bits per heavy atom. The Labute approximate surface area is 85.9 Å². The zero-order valence-electron chi connectivity index (χ0n) is 9.72. The lowest BCUT2D eigenvalue weighted by molar-refractivity contribution is 0.274. The second-order valence-electron chi connectivity index (χ2n) is 4.94. The molecule has 3 heteroatoms. The van der Waals surface area contributed by atoms with Crippen LogP contribution in [-0.4, -0.2) is 11.7 Å². The van der Waals surface area contributed by atoms with Gasteiger partial charge in [-0.3, -0.25) is 0 Å². The number of hydrogen-bond acceptors (Lipinski definition) is 3. The first kappa shape index (κ1) is 11.1. The van der Waals surface area contributed by atoms with Crippen LogP contribution in [0, 0.1) is 18.3 Å². The van der Waals surface area contributed by atoms with Crippen molar-refractivity contribution in [3.05, 3.63) is 12.0 Å². The van der Waals surface area contributed by atoms with Gasteiger partial charge in [-0.15, -0.1) is 0 Å². The molecule has 80 valence electrons. The van der Waals surface area contributed by atoms with Gasteiger partial charge < -0.3 is 9.84 Å². The van der Waals surface area contributed by atoms with Crippen molar-refractivity contribution < 1.29 is 4.52 Å². The number of aryl methyl sites for hydroxylation is 1. The Morgan fingerprint density at radius 1 is 1.50 bits per heavy atom. The number of aromatic nitrogens is 1. The van der Waals surface area contributed by atoms with Crippen molar-refractivity contribution in [3.8, 4) is 0 Å². The highest BCUT2D eigenvalue weighted by atomic mass is 16.5.